The number of amides is 1. The van der Waals surface area contributed by atoms with Crippen LogP contribution in [0.25, 0.3) is 0 Å². The van der Waals surface area contributed by atoms with Crippen molar-refractivity contribution in [3.63, 3.8) is 0 Å². The SMILES string of the molecule is CCCSc1nnc(NC(=O)[C@@H](C)N(c2cc(Cl)ccc2C)S(C)(=O)=O)s1. The number of nitrogens with zero attached hydrogens (tertiary/aromatic N) is 3. The molecule has 1 heterocycles. The predicted molar refractivity (Wildman–Crippen MR) is 113 cm³/mol. The summed E-state index contributed by atoms with van der Waals surface area (Å²) in [5, 5.41) is 11.3. The summed E-state index contributed by atoms with van der Waals surface area (Å²) in [6.45, 7) is 5.34. The Kier molecular flexibility index (Phi) is 7.49. The van der Waals surface area contributed by atoms with E-state index in [-0.39, 0.29) is 0 Å². The Bertz CT molecular complexity index is 917. The number of sulfonamides is 1. The quantitative estimate of drug-likeness (QED) is 0.487. The molecule has 0 aliphatic carbocycles. The second-order valence-electron chi connectivity index (χ2n) is 5.88. The van der Waals surface area contributed by atoms with Crippen LogP contribution in [0.3, 0.4) is 0 Å². The van der Waals surface area contributed by atoms with E-state index < -0.39 is 22.0 Å². The number of carbonyl (C=O) groups excluding carboxylic acids is 1. The van der Waals surface area contributed by atoms with Gasteiger partial charge in [0.05, 0.1) is 11.9 Å². The zero-order valence-corrected chi connectivity index (χ0v) is 18.6. The molecule has 148 valence electrons. The Balaban J connectivity index is 2.25. The molecule has 0 bridgehead atoms. The topological polar surface area (TPSA) is 92.3 Å². The van der Waals surface area contributed by atoms with Crippen molar-refractivity contribution in [2.75, 3.05) is 21.6 Å². The minimum absolute atomic E-state index is 0.335. The average molecular weight is 449 g/mol. The third-order valence-electron chi connectivity index (χ3n) is 3.56. The molecule has 0 spiro atoms. The fraction of sp³-hybridized carbons (Fsp3) is 0.438. The first-order valence-electron chi connectivity index (χ1n) is 8.16. The Morgan fingerprint density at radius 3 is 2.74 bits per heavy atom. The van der Waals surface area contributed by atoms with Gasteiger partial charge in [-0.15, -0.1) is 10.2 Å². The monoisotopic (exact) mass is 448 g/mol. The molecule has 0 aliphatic rings. The third-order valence-corrected chi connectivity index (χ3v) is 7.20. The summed E-state index contributed by atoms with van der Waals surface area (Å²) in [4.78, 5) is 12.7. The summed E-state index contributed by atoms with van der Waals surface area (Å²) in [7, 11) is -3.72. The van der Waals surface area contributed by atoms with Crippen molar-refractivity contribution in [2.45, 2.75) is 37.6 Å². The van der Waals surface area contributed by atoms with Crippen LogP contribution in [0, 0.1) is 6.92 Å². The van der Waals surface area contributed by atoms with E-state index in [1.54, 1.807) is 30.8 Å². The highest BCUT2D eigenvalue weighted by Gasteiger charge is 2.31. The molecule has 1 aromatic heterocycles. The maximum absolute atomic E-state index is 12.7. The molecule has 1 aromatic carbocycles. The van der Waals surface area contributed by atoms with Gasteiger partial charge in [0.15, 0.2) is 4.34 Å². The van der Waals surface area contributed by atoms with Crippen molar-refractivity contribution in [2.24, 2.45) is 0 Å². The second-order valence-corrected chi connectivity index (χ2v) is 10.5. The van der Waals surface area contributed by atoms with Crippen LogP contribution >= 0.6 is 34.7 Å². The number of rotatable bonds is 8. The van der Waals surface area contributed by atoms with E-state index in [2.05, 4.69) is 22.4 Å². The van der Waals surface area contributed by atoms with Gasteiger partial charge in [-0.25, -0.2) is 8.42 Å². The minimum Gasteiger partial charge on any atom is -0.299 e. The van der Waals surface area contributed by atoms with Gasteiger partial charge in [0.2, 0.25) is 21.1 Å². The maximum Gasteiger partial charge on any atom is 0.249 e. The highest BCUT2D eigenvalue weighted by molar-refractivity contribution is 8.01. The van der Waals surface area contributed by atoms with E-state index in [1.165, 1.54) is 24.3 Å². The van der Waals surface area contributed by atoms with E-state index in [4.69, 9.17) is 11.6 Å². The lowest BCUT2D eigenvalue weighted by Gasteiger charge is -2.29. The van der Waals surface area contributed by atoms with E-state index in [9.17, 15) is 13.2 Å². The summed E-state index contributed by atoms with van der Waals surface area (Å²) in [6.07, 6.45) is 2.06. The molecule has 2 rings (SSSR count). The molecule has 0 aliphatic heterocycles. The largest absolute Gasteiger partial charge is 0.299 e. The lowest BCUT2D eigenvalue weighted by molar-refractivity contribution is -0.116. The van der Waals surface area contributed by atoms with E-state index in [0.717, 1.165) is 27.1 Å². The van der Waals surface area contributed by atoms with Gasteiger partial charge in [0.1, 0.15) is 6.04 Å². The molecule has 0 radical (unpaired) electrons. The number of anilines is 2. The Morgan fingerprint density at radius 1 is 1.41 bits per heavy atom. The van der Waals surface area contributed by atoms with Crippen molar-refractivity contribution in [3.8, 4) is 0 Å². The van der Waals surface area contributed by atoms with Gasteiger partial charge in [-0.2, -0.15) is 0 Å². The molecule has 0 fully saturated rings. The molecular formula is C16H21ClN4O3S3. The molecule has 27 heavy (non-hydrogen) atoms. The zero-order valence-electron chi connectivity index (χ0n) is 15.4. The molecular weight excluding hydrogens is 428 g/mol. The summed E-state index contributed by atoms with van der Waals surface area (Å²) < 4.78 is 26.6. The van der Waals surface area contributed by atoms with Crippen LogP contribution in [0.4, 0.5) is 10.8 Å². The Hall–Kier alpha value is -1.36. The Morgan fingerprint density at radius 2 is 2.11 bits per heavy atom. The number of halogens is 1. The van der Waals surface area contributed by atoms with Crippen molar-refractivity contribution >= 4 is 61.4 Å². The molecule has 1 amide bonds. The molecule has 0 saturated carbocycles. The maximum atomic E-state index is 12.7. The molecule has 1 atom stereocenters. The van der Waals surface area contributed by atoms with Crippen LogP contribution in [0.1, 0.15) is 25.8 Å². The van der Waals surface area contributed by atoms with Crippen LogP contribution in [-0.4, -0.2) is 42.6 Å². The first-order chi connectivity index (χ1) is 12.6. The summed E-state index contributed by atoms with van der Waals surface area (Å²) in [5.74, 6) is 0.414. The number of aromatic nitrogens is 2. The molecule has 2 aromatic rings. The zero-order chi connectivity index (χ0) is 20.2. The first kappa shape index (κ1) is 21.9. The van der Waals surface area contributed by atoms with Gasteiger partial charge < -0.3 is 0 Å². The number of carbonyl (C=O) groups is 1. The fourth-order valence-electron chi connectivity index (χ4n) is 2.32. The number of nitrogens with one attached hydrogen (secondary N) is 1. The van der Waals surface area contributed by atoms with Crippen molar-refractivity contribution in [1.29, 1.82) is 0 Å². The number of benzene rings is 1. The van der Waals surface area contributed by atoms with Crippen LogP contribution in [-0.2, 0) is 14.8 Å². The van der Waals surface area contributed by atoms with Crippen LogP contribution in [0.15, 0.2) is 22.5 Å². The number of hydrogen-bond acceptors (Lipinski definition) is 7. The minimum atomic E-state index is -3.72. The number of thioether (sulfide) groups is 1. The van der Waals surface area contributed by atoms with Crippen molar-refractivity contribution in [3.05, 3.63) is 28.8 Å². The van der Waals surface area contributed by atoms with Crippen LogP contribution in [0.2, 0.25) is 5.02 Å². The Labute approximate surface area is 172 Å². The summed E-state index contributed by atoms with van der Waals surface area (Å²) in [5.41, 5.74) is 1.06. The van der Waals surface area contributed by atoms with Gasteiger partial charge in [-0.05, 0) is 38.0 Å². The molecule has 11 heteroatoms. The van der Waals surface area contributed by atoms with Gasteiger partial charge in [0, 0.05) is 10.8 Å². The predicted octanol–water partition coefficient (Wildman–Crippen LogP) is 3.80. The standard InChI is InChI=1S/C16H21ClN4O3S3/c1-5-8-25-16-20-19-15(26-16)18-14(22)11(3)21(27(4,23)24)13-9-12(17)7-6-10(13)2/h6-7,9,11H,5,8H2,1-4H3,(H,18,19,22)/t11-/m1/s1. The highest BCUT2D eigenvalue weighted by Crippen LogP contribution is 2.29. The van der Waals surface area contributed by atoms with Crippen LogP contribution in [0.5, 0.6) is 0 Å². The van der Waals surface area contributed by atoms with Gasteiger partial charge in [-0.3, -0.25) is 14.4 Å². The molecule has 7 nitrogen and oxygen atoms in total. The van der Waals surface area contributed by atoms with Gasteiger partial charge in [-0.1, -0.05) is 47.7 Å². The molecule has 1 N–H and O–H groups in total. The lowest BCUT2D eigenvalue weighted by Crippen LogP contribution is -2.45. The van der Waals surface area contributed by atoms with Crippen molar-refractivity contribution < 1.29 is 13.2 Å². The smallest absolute Gasteiger partial charge is 0.249 e. The third kappa shape index (κ3) is 5.81. The highest BCUT2D eigenvalue weighted by atomic mass is 35.5. The van der Waals surface area contributed by atoms with Gasteiger partial charge in [0.25, 0.3) is 0 Å². The summed E-state index contributed by atoms with van der Waals surface area (Å²) in [6, 6.07) is 3.92. The van der Waals surface area contributed by atoms with E-state index in [1.807, 2.05) is 0 Å². The molecule has 0 saturated heterocycles. The van der Waals surface area contributed by atoms with Crippen molar-refractivity contribution in [1.82, 2.24) is 10.2 Å². The lowest BCUT2D eigenvalue weighted by atomic mass is 10.2. The summed E-state index contributed by atoms with van der Waals surface area (Å²) >= 11 is 8.85. The van der Waals surface area contributed by atoms with Crippen LogP contribution < -0.4 is 9.62 Å². The molecule has 0 unspecified atom stereocenters. The van der Waals surface area contributed by atoms with E-state index >= 15 is 0 Å². The van der Waals surface area contributed by atoms with E-state index in [0.29, 0.717) is 21.4 Å². The second kappa shape index (κ2) is 9.22. The number of aryl methyl sites for hydroxylation is 1. The number of hydrogen-bond donors (Lipinski definition) is 1. The fourth-order valence-corrected chi connectivity index (χ4v) is 5.39. The first-order valence-corrected chi connectivity index (χ1v) is 12.2. The average Bonchev–Trinajstić information content (AvgIpc) is 3.02. The van der Waals surface area contributed by atoms with Gasteiger partial charge >= 0.3 is 0 Å². The normalized spacial score (nSPS) is 12.6.